The molecule has 2 aromatic rings. The molecule has 1 N–H and O–H groups in total. The Hall–Kier alpha value is -3.29. The number of halogens is 1. The van der Waals surface area contributed by atoms with E-state index in [1.807, 2.05) is 0 Å². The third-order valence-corrected chi connectivity index (χ3v) is 4.92. The summed E-state index contributed by atoms with van der Waals surface area (Å²) in [7, 11) is 0. The average molecular weight is 382 g/mol. The van der Waals surface area contributed by atoms with Gasteiger partial charge >= 0.3 is 0 Å². The van der Waals surface area contributed by atoms with Crippen molar-refractivity contribution < 1.29 is 18.8 Å². The van der Waals surface area contributed by atoms with Crippen LogP contribution in [0.2, 0.25) is 0 Å². The van der Waals surface area contributed by atoms with Gasteiger partial charge < -0.3 is 15.1 Å². The molecule has 0 unspecified atom stereocenters. The molecule has 0 aliphatic carbocycles. The van der Waals surface area contributed by atoms with Gasteiger partial charge in [0.25, 0.3) is 11.8 Å². The highest BCUT2D eigenvalue weighted by molar-refractivity contribution is 6.43. The molecule has 1 saturated heterocycles. The Bertz CT molecular complexity index is 934. The summed E-state index contributed by atoms with van der Waals surface area (Å²) in [5.41, 5.74) is 0.431. The zero-order valence-corrected chi connectivity index (χ0v) is 15.1. The smallest absolute Gasteiger partial charge is 0.273 e. The van der Waals surface area contributed by atoms with E-state index in [4.69, 9.17) is 4.84 Å². The van der Waals surface area contributed by atoms with Crippen LogP contribution in [-0.2, 0) is 9.63 Å². The summed E-state index contributed by atoms with van der Waals surface area (Å²) >= 11 is 0. The normalized spacial score (nSPS) is 21.2. The first-order chi connectivity index (χ1) is 13.5. The quantitative estimate of drug-likeness (QED) is 0.885. The van der Waals surface area contributed by atoms with E-state index < -0.39 is 11.4 Å². The molecule has 1 atom stereocenters. The second-order valence-corrected chi connectivity index (χ2v) is 7.03. The highest BCUT2D eigenvalue weighted by atomic mass is 19.1. The van der Waals surface area contributed by atoms with Crippen LogP contribution in [0.15, 0.2) is 53.9 Å². The molecule has 28 heavy (non-hydrogen) atoms. The van der Waals surface area contributed by atoms with Crippen molar-refractivity contribution in [3.05, 3.63) is 60.2 Å². The first kappa shape index (κ1) is 18.1. The van der Waals surface area contributed by atoms with Crippen LogP contribution in [0.5, 0.6) is 0 Å². The van der Waals surface area contributed by atoms with E-state index in [1.54, 1.807) is 35.5 Å². The lowest BCUT2D eigenvalue weighted by Crippen LogP contribution is -2.50. The maximum atomic E-state index is 13.4. The Morgan fingerprint density at radius 2 is 2.14 bits per heavy atom. The summed E-state index contributed by atoms with van der Waals surface area (Å²) in [6, 6.07) is 9.08. The monoisotopic (exact) mass is 382 g/mol. The number of carbonyl (C=O) groups is 2. The predicted octanol–water partition coefficient (Wildman–Crippen LogP) is 2.61. The highest BCUT2D eigenvalue weighted by Crippen LogP contribution is 2.34. The predicted molar refractivity (Wildman–Crippen MR) is 100 cm³/mol. The van der Waals surface area contributed by atoms with Gasteiger partial charge in [0.05, 0.1) is 18.4 Å². The Kier molecular flexibility index (Phi) is 4.77. The molecule has 0 radical (unpaired) electrons. The molecule has 3 heterocycles. The lowest BCUT2D eigenvalue weighted by molar-refractivity contribution is -0.110. The van der Waals surface area contributed by atoms with Crippen LogP contribution >= 0.6 is 0 Å². The fourth-order valence-corrected chi connectivity index (χ4v) is 3.58. The topological polar surface area (TPSA) is 83.9 Å². The standard InChI is InChI=1S/C20H19FN4O3/c21-15-5-1-4-14(10-15)19(27)25-9-3-7-20(13-25)11-17(24-28-20)18(26)23-16-6-2-8-22-12-16/h1-2,4-6,8,10,12H,3,7,9,11,13H2,(H,23,26)/t20-/m1/s1. The number of rotatable bonds is 3. The minimum atomic E-state index is -0.719. The van der Waals surface area contributed by atoms with Crippen molar-refractivity contribution in [2.24, 2.45) is 5.16 Å². The van der Waals surface area contributed by atoms with Gasteiger partial charge in [-0.3, -0.25) is 14.6 Å². The minimum Gasteiger partial charge on any atom is -0.386 e. The van der Waals surface area contributed by atoms with Gasteiger partial charge in [0.15, 0.2) is 5.60 Å². The SMILES string of the molecule is O=C(Nc1cccnc1)C1=NO[C@]2(CCCN(C(=O)c3cccc(F)c3)C2)C1. The number of pyridine rings is 1. The zero-order valence-electron chi connectivity index (χ0n) is 15.1. The van der Waals surface area contributed by atoms with Crippen LogP contribution in [0.1, 0.15) is 29.6 Å². The maximum absolute atomic E-state index is 13.4. The van der Waals surface area contributed by atoms with Crippen molar-refractivity contribution in [1.82, 2.24) is 9.88 Å². The van der Waals surface area contributed by atoms with E-state index in [-0.39, 0.29) is 17.5 Å². The molecule has 8 heteroatoms. The summed E-state index contributed by atoms with van der Waals surface area (Å²) in [6.45, 7) is 0.854. The average Bonchev–Trinajstić information content (AvgIpc) is 3.11. The second kappa shape index (κ2) is 7.38. The van der Waals surface area contributed by atoms with Crippen molar-refractivity contribution in [3.63, 3.8) is 0 Å². The molecule has 7 nitrogen and oxygen atoms in total. The number of aromatic nitrogens is 1. The van der Waals surface area contributed by atoms with Gasteiger partial charge in [0.1, 0.15) is 11.5 Å². The number of nitrogens with zero attached hydrogens (tertiary/aromatic N) is 3. The lowest BCUT2D eigenvalue weighted by atomic mass is 9.87. The number of carbonyl (C=O) groups excluding carboxylic acids is 2. The van der Waals surface area contributed by atoms with Crippen molar-refractivity contribution in [1.29, 1.82) is 0 Å². The Morgan fingerprint density at radius 1 is 1.25 bits per heavy atom. The molecule has 1 spiro atoms. The van der Waals surface area contributed by atoms with E-state index >= 15 is 0 Å². The van der Waals surface area contributed by atoms with Crippen LogP contribution < -0.4 is 5.32 Å². The molecule has 0 saturated carbocycles. The van der Waals surface area contributed by atoms with Gasteiger partial charge in [0.2, 0.25) is 0 Å². The molecular formula is C20H19FN4O3. The fraction of sp³-hybridized carbons (Fsp3) is 0.300. The van der Waals surface area contributed by atoms with Crippen molar-refractivity contribution in [3.8, 4) is 0 Å². The Labute approximate surface area is 161 Å². The summed E-state index contributed by atoms with van der Waals surface area (Å²) < 4.78 is 13.4. The number of piperidine rings is 1. The van der Waals surface area contributed by atoms with E-state index in [2.05, 4.69) is 15.5 Å². The number of hydrogen-bond acceptors (Lipinski definition) is 5. The number of likely N-dealkylation sites (tertiary alicyclic amines) is 1. The largest absolute Gasteiger partial charge is 0.386 e. The molecule has 1 aromatic heterocycles. The highest BCUT2D eigenvalue weighted by Gasteiger charge is 2.45. The molecule has 4 rings (SSSR count). The summed E-state index contributed by atoms with van der Waals surface area (Å²) in [5.74, 6) is -1.05. The van der Waals surface area contributed by atoms with Crippen LogP contribution in [0.3, 0.4) is 0 Å². The van der Waals surface area contributed by atoms with Crippen molar-refractivity contribution in [2.75, 3.05) is 18.4 Å². The number of benzene rings is 1. The second-order valence-electron chi connectivity index (χ2n) is 7.03. The zero-order chi connectivity index (χ0) is 19.6. The molecule has 2 amide bonds. The molecule has 2 aliphatic heterocycles. The summed E-state index contributed by atoms with van der Waals surface area (Å²) in [5, 5.41) is 6.71. The number of hydrogen-bond donors (Lipinski definition) is 1. The molecule has 1 aromatic carbocycles. The number of oxime groups is 1. The summed E-state index contributed by atoms with van der Waals surface area (Å²) in [4.78, 5) is 36.4. The Morgan fingerprint density at radius 3 is 2.93 bits per heavy atom. The van der Waals surface area contributed by atoms with Gasteiger partial charge in [-0.2, -0.15) is 0 Å². The Balaban J connectivity index is 1.42. The van der Waals surface area contributed by atoms with E-state index in [0.717, 1.165) is 0 Å². The van der Waals surface area contributed by atoms with Crippen LogP contribution in [0.4, 0.5) is 10.1 Å². The molecule has 1 fully saturated rings. The van der Waals surface area contributed by atoms with E-state index in [1.165, 1.54) is 18.2 Å². The lowest BCUT2D eigenvalue weighted by Gasteiger charge is -2.38. The van der Waals surface area contributed by atoms with Crippen LogP contribution in [0, 0.1) is 5.82 Å². The number of amides is 2. The van der Waals surface area contributed by atoms with Gasteiger partial charge in [-0.15, -0.1) is 0 Å². The number of anilines is 1. The van der Waals surface area contributed by atoms with E-state index in [0.29, 0.717) is 43.6 Å². The molecule has 0 bridgehead atoms. The summed E-state index contributed by atoms with van der Waals surface area (Å²) in [6.07, 6.45) is 4.88. The van der Waals surface area contributed by atoms with Gasteiger partial charge in [-0.1, -0.05) is 11.2 Å². The van der Waals surface area contributed by atoms with Gasteiger partial charge in [-0.25, -0.2) is 4.39 Å². The third-order valence-electron chi connectivity index (χ3n) is 4.92. The number of nitrogens with one attached hydrogen (secondary N) is 1. The van der Waals surface area contributed by atoms with Crippen LogP contribution in [0.25, 0.3) is 0 Å². The van der Waals surface area contributed by atoms with Gasteiger partial charge in [0, 0.05) is 24.7 Å². The molecular weight excluding hydrogens is 363 g/mol. The maximum Gasteiger partial charge on any atom is 0.273 e. The minimum absolute atomic E-state index is 0.254. The van der Waals surface area contributed by atoms with E-state index in [9.17, 15) is 14.0 Å². The van der Waals surface area contributed by atoms with Crippen molar-refractivity contribution in [2.45, 2.75) is 24.9 Å². The molecule has 144 valence electrons. The molecule has 2 aliphatic rings. The third kappa shape index (κ3) is 3.71. The fourth-order valence-electron chi connectivity index (χ4n) is 3.58. The van der Waals surface area contributed by atoms with Crippen LogP contribution in [-0.4, -0.2) is 46.1 Å². The van der Waals surface area contributed by atoms with Gasteiger partial charge in [-0.05, 0) is 43.2 Å². The first-order valence-corrected chi connectivity index (χ1v) is 9.06. The van der Waals surface area contributed by atoms with Crippen molar-refractivity contribution >= 4 is 23.2 Å². The first-order valence-electron chi connectivity index (χ1n) is 9.06.